The molecule has 2 aromatic rings. The van der Waals surface area contributed by atoms with Crippen LogP contribution in [0.25, 0.3) is 0 Å². The van der Waals surface area contributed by atoms with E-state index in [1.807, 2.05) is 19.9 Å². The second-order valence-electron chi connectivity index (χ2n) is 6.95. The van der Waals surface area contributed by atoms with Gasteiger partial charge in [0.15, 0.2) is 0 Å². The van der Waals surface area contributed by atoms with E-state index in [2.05, 4.69) is 11.9 Å². The quantitative estimate of drug-likeness (QED) is 0.626. The molecule has 7 heteroatoms. The van der Waals surface area contributed by atoms with Gasteiger partial charge in [0, 0.05) is 11.8 Å². The van der Waals surface area contributed by atoms with Crippen LogP contribution in [0.3, 0.4) is 0 Å². The van der Waals surface area contributed by atoms with Crippen molar-refractivity contribution in [1.82, 2.24) is 0 Å². The molecular formula is C22H28N2O4S. The van der Waals surface area contributed by atoms with Crippen LogP contribution in [0.5, 0.6) is 5.75 Å². The van der Waals surface area contributed by atoms with E-state index in [-0.39, 0.29) is 0 Å². The van der Waals surface area contributed by atoms with Crippen molar-refractivity contribution < 1.29 is 17.9 Å². The number of hydrogen-bond donors (Lipinski definition) is 1. The Morgan fingerprint density at radius 2 is 1.86 bits per heavy atom. The van der Waals surface area contributed by atoms with Crippen LogP contribution in [-0.2, 0) is 14.8 Å². The molecule has 2 rings (SSSR count). The minimum Gasteiger partial charge on any atom is -0.489 e. The molecule has 6 nitrogen and oxygen atoms in total. The van der Waals surface area contributed by atoms with Crippen LogP contribution in [0, 0.1) is 13.8 Å². The largest absolute Gasteiger partial charge is 0.489 e. The van der Waals surface area contributed by atoms with Crippen LogP contribution in [0.15, 0.2) is 55.1 Å². The van der Waals surface area contributed by atoms with Crippen LogP contribution in [0.1, 0.15) is 24.5 Å². The Bertz CT molecular complexity index is 966. The molecule has 0 aromatic heterocycles. The molecule has 0 heterocycles. The van der Waals surface area contributed by atoms with E-state index in [1.165, 1.54) is 4.31 Å². The maximum atomic E-state index is 13.0. The van der Waals surface area contributed by atoms with Crippen molar-refractivity contribution in [3.63, 3.8) is 0 Å². The fourth-order valence-corrected chi connectivity index (χ4v) is 4.38. The lowest BCUT2D eigenvalue weighted by atomic mass is 10.1. The number of aryl methyl sites for hydroxylation is 2. The zero-order valence-electron chi connectivity index (χ0n) is 17.3. The highest BCUT2D eigenvalue weighted by atomic mass is 32.2. The number of anilines is 2. The minimum absolute atomic E-state index is 0.318. The van der Waals surface area contributed by atoms with Crippen molar-refractivity contribution in [3.05, 3.63) is 66.2 Å². The highest BCUT2D eigenvalue weighted by Gasteiger charge is 2.31. The third-order valence-electron chi connectivity index (χ3n) is 4.26. The molecule has 0 radical (unpaired) electrons. The standard InChI is InChI=1S/C22H28N2O4S/c1-6-11-28-20-10-8-9-18(15-20)23-22(25)21(7-2)24(29(5,26)27)19-13-16(3)12-17(4)14-19/h6,8-10,12-15,21H,1,7,11H2,2-5H3,(H,23,25)/t21-/m0/s1. The van der Waals surface area contributed by atoms with E-state index in [4.69, 9.17) is 4.74 Å². The SMILES string of the molecule is C=CCOc1cccc(NC(=O)[C@H](CC)N(c2cc(C)cc(C)c2)S(C)(=O)=O)c1. The average Bonchev–Trinajstić information content (AvgIpc) is 2.62. The van der Waals surface area contributed by atoms with Crippen LogP contribution < -0.4 is 14.4 Å². The van der Waals surface area contributed by atoms with Gasteiger partial charge >= 0.3 is 0 Å². The van der Waals surface area contributed by atoms with Crippen molar-refractivity contribution in [1.29, 1.82) is 0 Å². The van der Waals surface area contributed by atoms with E-state index in [9.17, 15) is 13.2 Å². The first kappa shape index (κ1) is 22.5. The molecule has 0 saturated heterocycles. The Labute approximate surface area is 173 Å². The molecule has 0 saturated carbocycles. The van der Waals surface area contributed by atoms with Crippen molar-refractivity contribution >= 4 is 27.3 Å². The average molecular weight is 417 g/mol. The van der Waals surface area contributed by atoms with Crippen molar-refractivity contribution in [2.24, 2.45) is 0 Å². The lowest BCUT2D eigenvalue weighted by Gasteiger charge is -2.30. The molecule has 0 spiro atoms. The monoisotopic (exact) mass is 416 g/mol. The van der Waals surface area contributed by atoms with Gasteiger partial charge in [-0.3, -0.25) is 9.10 Å². The predicted molar refractivity (Wildman–Crippen MR) is 118 cm³/mol. The summed E-state index contributed by atoms with van der Waals surface area (Å²) in [4.78, 5) is 13.0. The highest BCUT2D eigenvalue weighted by Crippen LogP contribution is 2.26. The number of carbonyl (C=O) groups is 1. The molecule has 29 heavy (non-hydrogen) atoms. The maximum absolute atomic E-state index is 13.0. The summed E-state index contributed by atoms with van der Waals surface area (Å²) in [7, 11) is -3.68. The highest BCUT2D eigenvalue weighted by molar-refractivity contribution is 7.92. The fourth-order valence-electron chi connectivity index (χ4n) is 3.18. The Morgan fingerprint density at radius 1 is 1.21 bits per heavy atom. The molecule has 0 aliphatic heterocycles. The second-order valence-corrected chi connectivity index (χ2v) is 8.80. The number of sulfonamides is 1. The van der Waals surface area contributed by atoms with E-state index in [0.717, 1.165) is 17.4 Å². The topological polar surface area (TPSA) is 75.7 Å². The van der Waals surface area contributed by atoms with Gasteiger partial charge in [0.25, 0.3) is 0 Å². The summed E-state index contributed by atoms with van der Waals surface area (Å²) >= 11 is 0. The zero-order valence-corrected chi connectivity index (χ0v) is 18.1. The summed E-state index contributed by atoms with van der Waals surface area (Å²) in [5.74, 6) is 0.183. The molecule has 1 amide bonds. The summed E-state index contributed by atoms with van der Waals surface area (Å²) in [6.45, 7) is 9.54. The van der Waals surface area contributed by atoms with Crippen molar-refractivity contribution in [2.75, 3.05) is 22.5 Å². The van der Waals surface area contributed by atoms with Crippen molar-refractivity contribution in [2.45, 2.75) is 33.2 Å². The van der Waals surface area contributed by atoms with Gasteiger partial charge in [0.1, 0.15) is 18.4 Å². The Balaban J connectivity index is 2.35. The Kier molecular flexibility index (Phi) is 7.45. The number of hydrogen-bond acceptors (Lipinski definition) is 4. The number of rotatable bonds is 9. The predicted octanol–water partition coefficient (Wildman–Crippen LogP) is 4.05. The van der Waals surface area contributed by atoms with E-state index in [0.29, 0.717) is 30.2 Å². The smallest absolute Gasteiger partial charge is 0.248 e. The number of amides is 1. The molecule has 0 fully saturated rings. The summed E-state index contributed by atoms with van der Waals surface area (Å²) < 4.78 is 31.9. The first-order chi connectivity index (χ1) is 13.7. The molecule has 156 valence electrons. The van der Waals surface area contributed by atoms with Crippen LogP contribution >= 0.6 is 0 Å². The van der Waals surface area contributed by atoms with Gasteiger partial charge in [-0.25, -0.2) is 8.42 Å². The third-order valence-corrected chi connectivity index (χ3v) is 5.44. The van der Waals surface area contributed by atoms with Gasteiger partial charge < -0.3 is 10.1 Å². The molecular weight excluding hydrogens is 388 g/mol. The summed E-state index contributed by atoms with van der Waals surface area (Å²) in [6.07, 6.45) is 3.06. The third kappa shape index (κ3) is 6.09. The van der Waals surface area contributed by atoms with Crippen molar-refractivity contribution in [3.8, 4) is 5.75 Å². The number of carbonyl (C=O) groups excluding carboxylic acids is 1. The summed E-state index contributed by atoms with van der Waals surface area (Å²) in [6, 6.07) is 11.6. The Morgan fingerprint density at radius 3 is 2.41 bits per heavy atom. The molecule has 0 unspecified atom stereocenters. The summed E-state index contributed by atoms with van der Waals surface area (Å²) in [5.41, 5.74) is 2.87. The first-order valence-electron chi connectivity index (χ1n) is 9.38. The second kappa shape index (κ2) is 9.60. The number of nitrogens with zero attached hydrogens (tertiary/aromatic N) is 1. The Hall–Kier alpha value is -2.80. The molecule has 0 aliphatic carbocycles. The number of benzene rings is 2. The van der Waals surface area contributed by atoms with Gasteiger partial charge in [-0.05, 0) is 55.7 Å². The van der Waals surface area contributed by atoms with Gasteiger partial charge in [0.05, 0.1) is 11.9 Å². The van der Waals surface area contributed by atoms with Gasteiger partial charge in [-0.1, -0.05) is 31.7 Å². The number of nitrogens with one attached hydrogen (secondary N) is 1. The van der Waals surface area contributed by atoms with Crippen LogP contribution in [0.4, 0.5) is 11.4 Å². The van der Waals surface area contributed by atoms with E-state index < -0.39 is 22.0 Å². The lowest BCUT2D eigenvalue weighted by molar-refractivity contribution is -0.117. The van der Waals surface area contributed by atoms with Crippen LogP contribution in [0.2, 0.25) is 0 Å². The van der Waals surface area contributed by atoms with E-state index >= 15 is 0 Å². The van der Waals surface area contributed by atoms with Crippen LogP contribution in [-0.4, -0.2) is 33.2 Å². The summed E-state index contributed by atoms with van der Waals surface area (Å²) in [5, 5.41) is 2.81. The molecule has 0 aliphatic rings. The van der Waals surface area contributed by atoms with Gasteiger partial charge in [0.2, 0.25) is 15.9 Å². The molecule has 2 aromatic carbocycles. The molecule has 0 bridgehead atoms. The van der Waals surface area contributed by atoms with Gasteiger partial charge in [-0.2, -0.15) is 0 Å². The molecule has 1 N–H and O–H groups in total. The minimum atomic E-state index is -3.68. The lowest BCUT2D eigenvalue weighted by Crippen LogP contribution is -2.47. The maximum Gasteiger partial charge on any atom is 0.248 e. The molecule has 1 atom stereocenters. The van der Waals surface area contributed by atoms with Gasteiger partial charge in [-0.15, -0.1) is 0 Å². The van der Waals surface area contributed by atoms with E-state index in [1.54, 1.807) is 49.4 Å². The zero-order chi connectivity index (χ0) is 21.6. The first-order valence-corrected chi connectivity index (χ1v) is 11.2. The normalized spacial score (nSPS) is 12.1. The number of ether oxygens (including phenoxy) is 1. The fraction of sp³-hybridized carbons (Fsp3) is 0.318.